The Labute approximate surface area is 125 Å². The minimum absolute atomic E-state index is 0.403. The second kappa shape index (κ2) is 5.41. The third kappa shape index (κ3) is 2.66. The summed E-state index contributed by atoms with van der Waals surface area (Å²) in [6.07, 6.45) is 0. The van der Waals surface area contributed by atoms with Gasteiger partial charge in [0.1, 0.15) is 0 Å². The van der Waals surface area contributed by atoms with E-state index in [1.807, 2.05) is 23.7 Å². The summed E-state index contributed by atoms with van der Waals surface area (Å²) in [5.41, 5.74) is 11.3. The van der Waals surface area contributed by atoms with E-state index >= 15 is 0 Å². The van der Waals surface area contributed by atoms with Crippen LogP contribution in [0.3, 0.4) is 0 Å². The molecule has 0 bridgehead atoms. The number of ether oxygens (including phenoxy) is 1. The molecule has 0 saturated heterocycles. The van der Waals surface area contributed by atoms with Crippen LogP contribution in [0.2, 0.25) is 0 Å². The highest BCUT2D eigenvalue weighted by Crippen LogP contribution is 2.27. The molecule has 0 aliphatic heterocycles. The molecule has 2 aromatic carbocycles. The van der Waals surface area contributed by atoms with Crippen LogP contribution in [0.1, 0.15) is 10.4 Å². The van der Waals surface area contributed by atoms with Gasteiger partial charge in [0.05, 0.1) is 39.8 Å². The van der Waals surface area contributed by atoms with Gasteiger partial charge >= 0.3 is 5.97 Å². The quantitative estimate of drug-likeness (QED) is 0.572. The summed E-state index contributed by atoms with van der Waals surface area (Å²) >= 11 is 1.58. The number of nitrogen functional groups attached to an aromatic ring is 1. The van der Waals surface area contributed by atoms with E-state index in [-0.39, 0.29) is 0 Å². The largest absolute Gasteiger partial charge is 0.465 e. The SMILES string of the molecule is COC(=O)c1ccc(Nc2ccc3ncsc3c2)c(N)c1. The number of esters is 1. The standard InChI is InChI=1S/C15H13N3O2S/c1-20-15(19)9-2-4-12(11(16)6-9)18-10-3-5-13-14(7-10)21-8-17-13/h2-8,18H,16H2,1H3. The molecule has 0 radical (unpaired) electrons. The molecule has 3 N–H and O–H groups in total. The van der Waals surface area contributed by atoms with Crippen molar-refractivity contribution < 1.29 is 9.53 Å². The lowest BCUT2D eigenvalue weighted by Gasteiger charge is -2.10. The van der Waals surface area contributed by atoms with Crippen molar-refractivity contribution >= 4 is 44.6 Å². The zero-order chi connectivity index (χ0) is 14.8. The summed E-state index contributed by atoms with van der Waals surface area (Å²) in [6.45, 7) is 0. The molecule has 3 aromatic rings. The summed E-state index contributed by atoms with van der Waals surface area (Å²) in [6, 6.07) is 10.9. The maximum atomic E-state index is 11.4. The zero-order valence-corrected chi connectivity index (χ0v) is 12.1. The Morgan fingerprint density at radius 2 is 2.14 bits per heavy atom. The van der Waals surface area contributed by atoms with Gasteiger partial charge < -0.3 is 15.8 Å². The number of nitrogens with zero attached hydrogens (tertiary/aromatic N) is 1. The third-order valence-corrected chi connectivity index (χ3v) is 3.87. The number of hydrogen-bond acceptors (Lipinski definition) is 6. The number of nitrogens with two attached hydrogens (primary N) is 1. The Hall–Kier alpha value is -2.60. The van der Waals surface area contributed by atoms with E-state index in [0.29, 0.717) is 11.3 Å². The lowest BCUT2D eigenvalue weighted by atomic mass is 10.1. The molecule has 106 valence electrons. The first-order chi connectivity index (χ1) is 10.2. The second-order valence-corrected chi connectivity index (χ2v) is 5.34. The predicted octanol–water partition coefficient (Wildman–Crippen LogP) is 3.41. The number of aromatic nitrogens is 1. The maximum absolute atomic E-state index is 11.4. The van der Waals surface area contributed by atoms with Crippen molar-refractivity contribution in [3.63, 3.8) is 0 Å². The average Bonchev–Trinajstić information content (AvgIpc) is 2.96. The number of methoxy groups -OCH3 is 1. The number of rotatable bonds is 3. The van der Waals surface area contributed by atoms with E-state index in [2.05, 4.69) is 15.0 Å². The van der Waals surface area contributed by atoms with Crippen molar-refractivity contribution in [3.8, 4) is 0 Å². The van der Waals surface area contributed by atoms with Gasteiger partial charge in [0.15, 0.2) is 0 Å². The topological polar surface area (TPSA) is 77.2 Å². The lowest BCUT2D eigenvalue weighted by molar-refractivity contribution is 0.0601. The molecule has 6 heteroatoms. The van der Waals surface area contributed by atoms with E-state index in [1.165, 1.54) is 7.11 Å². The molecule has 0 fully saturated rings. The summed E-state index contributed by atoms with van der Waals surface area (Å²) in [7, 11) is 1.34. The number of fused-ring (bicyclic) bond motifs is 1. The highest BCUT2D eigenvalue weighted by Gasteiger charge is 2.08. The van der Waals surface area contributed by atoms with E-state index in [1.54, 1.807) is 29.5 Å². The molecule has 21 heavy (non-hydrogen) atoms. The molecule has 1 aromatic heterocycles. The number of carbonyl (C=O) groups excluding carboxylic acids is 1. The molecular formula is C15H13N3O2S. The Morgan fingerprint density at radius 3 is 2.90 bits per heavy atom. The molecule has 1 heterocycles. The maximum Gasteiger partial charge on any atom is 0.337 e. The lowest BCUT2D eigenvalue weighted by Crippen LogP contribution is -2.03. The fourth-order valence-corrected chi connectivity index (χ4v) is 2.73. The Morgan fingerprint density at radius 1 is 1.29 bits per heavy atom. The number of nitrogens with one attached hydrogen (secondary N) is 1. The molecule has 0 unspecified atom stereocenters. The van der Waals surface area contributed by atoms with Gasteiger partial charge in [-0.2, -0.15) is 0 Å². The summed E-state index contributed by atoms with van der Waals surface area (Å²) in [5, 5.41) is 3.24. The van der Waals surface area contributed by atoms with Gasteiger partial charge in [0.25, 0.3) is 0 Å². The smallest absolute Gasteiger partial charge is 0.337 e. The average molecular weight is 299 g/mol. The van der Waals surface area contributed by atoms with Crippen LogP contribution >= 0.6 is 11.3 Å². The van der Waals surface area contributed by atoms with Crippen LogP contribution < -0.4 is 11.1 Å². The monoisotopic (exact) mass is 299 g/mol. The summed E-state index contributed by atoms with van der Waals surface area (Å²) in [5.74, 6) is -0.403. The fraction of sp³-hybridized carbons (Fsp3) is 0.0667. The number of hydrogen-bond donors (Lipinski definition) is 2. The van der Waals surface area contributed by atoms with Crippen molar-refractivity contribution in [2.75, 3.05) is 18.2 Å². The number of carbonyl (C=O) groups is 1. The molecule has 5 nitrogen and oxygen atoms in total. The van der Waals surface area contributed by atoms with Crippen LogP contribution in [-0.4, -0.2) is 18.1 Å². The van der Waals surface area contributed by atoms with Crippen LogP contribution in [0.15, 0.2) is 41.9 Å². The van der Waals surface area contributed by atoms with Crippen molar-refractivity contribution in [2.45, 2.75) is 0 Å². The number of benzene rings is 2. The minimum atomic E-state index is -0.403. The van der Waals surface area contributed by atoms with Gasteiger partial charge in [0.2, 0.25) is 0 Å². The van der Waals surface area contributed by atoms with Crippen LogP contribution in [0.5, 0.6) is 0 Å². The van der Waals surface area contributed by atoms with Crippen LogP contribution in [0, 0.1) is 0 Å². The molecule has 0 aliphatic carbocycles. The van der Waals surface area contributed by atoms with E-state index < -0.39 is 5.97 Å². The number of anilines is 3. The summed E-state index contributed by atoms with van der Waals surface area (Å²) < 4.78 is 5.77. The molecule has 0 saturated carbocycles. The van der Waals surface area contributed by atoms with E-state index in [9.17, 15) is 4.79 Å². The minimum Gasteiger partial charge on any atom is -0.465 e. The van der Waals surface area contributed by atoms with Crippen molar-refractivity contribution in [3.05, 3.63) is 47.5 Å². The van der Waals surface area contributed by atoms with Crippen LogP contribution in [-0.2, 0) is 4.74 Å². The molecule has 0 aliphatic rings. The van der Waals surface area contributed by atoms with Gasteiger partial charge in [0, 0.05) is 5.69 Å². The van der Waals surface area contributed by atoms with Crippen molar-refractivity contribution in [2.24, 2.45) is 0 Å². The Bertz CT molecular complexity index is 814. The molecular weight excluding hydrogens is 286 g/mol. The van der Waals surface area contributed by atoms with Gasteiger partial charge in [-0.3, -0.25) is 0 Å². The normalized spacial score (nSPS) is 10.5. The van der Waals surface area contributed by atoms with Crippen LogP contribution in [0.4, 0.5) is 17.1 Å². The van der Waals surface area contributed by atoms with Crippen LogP contribution in [0.25, 0.3) is 10.2 Å². The van der Waals surface area contributed by atoms with E-state index in [0.717, 1.165) is 21.6 Å². The Balaban J connectivity index is 1.88. The Kier molecular flexibility index (Phi) is 3.45. The number of thiazole rings is 1. The second-order valence-electron chi connectivity index (χ2n) is 4.45. The third-order valence-electron chi connectivity index (χ3n) is 3.08. The van der Waals surface area contributed by atoms with Gasteiger partial charge in [-0.05, 0) is 36.4 Å². The van der Waals surface area contributed by atoms with Crippen molar-refractivity contribution in [1.82, 2.24) is 4.98 Å². The molecule has 0 spiro atoms. The first-order valence-corrected chi connectivity index (χ1v) is 7.13. The first-order valence-electron chi connectivity index (χ1n) is 6.25. The molecule has 0 amide bonds. The highest BCUT2D eigenvalue weighted by molar-refractivity contribution is 7.16. The highest BCUT2D eigenvalue weighted by atomic mass is 32.1. The van der Waals surface area contributed by atoms with E-state index in [4.69, 9.17) is 5.73 Å². The molecule has 0 atom stereocenters. The summed E-state index contributed by atoms with van der Waals surface area (Å²) in [4.78, 5) is 15.7. The molecule has 3 rings (SSSR count). The van der Waals surface area contributed by atoms with Gasteiger partial charge in [-0.1, -0.05) is 0 Å². The van der Waals surface area contributed by atoms with Crippen molar-refractivity contribution in [1.29, 1.82) is 0 Å². The zero-order valence-electron chi connectivity index (χ0n) is 11.3. The van der Waals surface area contributed by atoms with Gasteiger partial charge in [-0.25, -0.2) is 9.78 Å². The fourth-order valence-electron chi connectivity index (χ4n) is 2.01. The predicted molar refractivity (Wildman–Crippen MR) is 85.1 cm³/mol. The first kappa shape index (κ1) is 13.4. The van der Waals surface area contributed by atoms with Gasteiger partial charge in [-0.15, -0.1) is 11.3 Å².